The molecule has 0 aliphatic heterocycles. The van der Waals surface area contributed by atoms with Crippen LogP contribution in [0.3, 0.4) is 0 Å². The van der Waals surface area contributed by atoms with Gasteiger partial charge in [-0.15, -0.1) is 0 Å². The van der Waals surface area contributed by atoms with E-state index in [1.807, 2.05) is 13.8 Å². The summed E-state index contributed by atoms with van der Waals surface area (Å²) in [5, 5.41) is 0. The first-order valence-electron chi connectivity index (χ1n) is 5.73. The molecule has 0 aliphatic rings. The summed E-state index contributed by atoms with van der Waals surface area (Å²) in [6.07, 6.45) is 1.80. The van der Waals surface area contributed by atoms with Gasteiger partial charge >= 0.3 is 0 Å². The van der Waals surface area contributed by atoms with Gasteiger partial charge in [-0.2, -0.15) is 0 Å². The molecular formula is C13H17BrFNO. The lowest BCUT2D eigenvalue weighted by molar-refractivity contribution is 0.0723. The highest BCUT2D eigenvalue weighted by Gasteiger charge is 2.18. The molecule has 0 fully saturated rings. The third-order valence-electron chi connectivity index (χ3n) is 2.98. The largest absolute Gasteiger partial charge is 0.339 e. The van der Waals surface area contributed by atoms with Gasteiger partial charge in [0.25, 0.3) is 5.91 Å². The van der Waals surface area contributed by atoms with E-state index in [1.165, 1.54) is 6.07 Å². The fourth-order valence-corrected chi connectivity index (χ4v) is 2.08. The summed E-state index contributed by atoms with van der Waals surface area (Å²) < 4.78 is 13.7. The summed E-state index contributed by atoms with van der Waals surface area (Å²) in [5.74, 6) is -0.543. The van der Waals surface area contributed by atoms with Gasteiger partial charge in [-0.25, -0.2) is 4.39 Å². The standard InChI is InChI=1S/C13H17BrFNO/c1-4-10(5-2)16(3)13(17)9-6-7-11(14)12(15)8-9/h6-8,10H,4-5H2,1-3H3. The van der Waals surface area contributed by atoms with Gasteiger partial charge in [0.1, 0.15) is 5.82 Å². The molecule has 2 nitrogen and oxygen atoms in total. The number of amides is 1. The molecule has 0 unspecified atom stereocenters. The Balaban J connectivity index is 2.92. The van der Waals surface area contributed by atoms with Crippen LogP contribution >= 0.6 is 15.9 Å². The van der Waals surface area contributed by atoms with E-state index in [2.05, 4.69) is 15.9 Å². The van der Waals surface area contributed by atoms with Gasteiger partial charge in [0.2, 0.25) is 0 Å². The zero-order valence-corrected chi connectivity index (χ0v) is 11.9. The summed E-state index contributed by atoms with van der Waals surface area (Å²) in [6.45, 7) is 4.08. The molecule has 0 saturated heterocycles. The Morgan fingerprint density at radius 1 is 1.41 bits per heavy atom. The molecule has 1 rings (SSSR count). The first-order chi connectivity index (χ1) is 8.01. The van der Waals surface area contributed by atoms with Crippen molar-refractivity contribution in [2.45, 2.75) is 32.7 Å². The Hall–Kier alpha value is -0.900. The van der Waals surface area contributed by atoms with E-state index >= 15 is 0 Å². The number of carbonyl (C=O) groups is 1. The van der Waals surface area contributed by atoms with Crippen molar-refractivity contribution in [1.29, 1.82) is 0 Å². The molecule has 1 amide bonds. The number of hydrogen-bond donors (Lipinski definition) is 0. The molecule has 0 atom stereocenters. The van der Waals surface area contributed by atoms with E-state index in [1.54, 1.807) is 24.1 Å². The van der Waals surface area contributed by atoms with E-state index in [9.17, 15) is 9.18 Å². The van der Waals surface area contributed by atoms with E-state index in [0.29, 0.717) is 10.0 Å². The Morgan fingerprint density at radius 2 is 2.00 bits per heavy atom. The minimum atomic E-state index is -0.409. The van der Waals surface area contributed by atoms with Crippen molar-refractivity contribution in [3.05, 3.63) is 34.1 Å². The van der Waals surface area contributed by atoms with E-state index in [0.717, 1.165) is 12.8 Å². The first-order valence-corrected chi connectivity index (χ1v) is 6.52. The van der Waals surface area contributed by atoms with E-state index in [-0.39, 0.29) is 11.9 Å². The van der Waals surface area contributed by atoms with Crippen molar-refractivity contribution in [2.24, 2.45) is 0 Å². The van der Waals surface area contributed by atoms with E-state index < -0.39 is 5.82 Å². The minimum Gasteiger partial charge on any atom is -0.339 e. The van der Waals surface area contributed by atoms with Crippen LogP contribution in [0.25, 0.3) is 0 Å². The predicted octanol–water partition coefficient (Wildman–Crippen LogP) is 3.85. The van der Waals surface area contributed by atoms with Crippen molar-refractivity contribution in [3.63, 3.8) is 0 Å². The lowest BCUT2D eigenvalue weighted by Crippen LogP contribution is -2.36. The molecular weight excluding hydrogens is 285 g/mol. The summed E-state index contributed by atoms with van der Waals surface area (Å²) in [6, 6.07) is 4.66. The van der Waals surface area contributed by atoms with Crippen molar-refractivity contribution < 1.29 is 9.18 Å². The first kappa shape index (κ1) is 14.2. The smallest absolute Gasteiger partial charge is 0.253 e. The molecule has 0 aromatic heterocycles. The van der Waals surface area contributed by atoms with Gasteiger partial charge in [0.05, 0.1) is 4.47 Å². The summed E-state index contributed by atoms with van der Waals surface area (Å²) >= 11 is 3.07. The van der Waals surface area contributed by atoms with E-state index in [4.69, 9.17) is 0 Å². The highest BCUT2D eigenvalue weighted by molar-refractivity contribution is 9.10. The monoisotopic (exact) mass is 301 g/mol. The highest BCUT2D eigenvalue weighted by atomic mass is 79.9. The zero-order valence-electron chi connectivity index (χ0n) is 10.3. The highest BCUT2D eigenvalue weighted by Crippen LogP contribution is 2.18. The van der Waals surface area contributed by atoms with Crippen LogP contribution in [0.4, 0.5) is 4.39 Å². The molecule has 0 radical (unpaired) electrons. The molecule has 4 heteroatoms. The van der Waals surface area contributed by atoms with Crippen LogP contribution in [0, 0.1) is 5.82 Å². The van der Waals surface area contributed by atoms with Crippen molar-refractivity contribution in [1.82, 2.24) is 4.90 Å². The van der Waals surface area contributed by atoms with Crippen LogP contribution in [0.1, 0.15) is 37.0 Å². The quantitative estimate of drug-likeness (QED) is 0.827. The minimum absolute atomic E-state index is 0.134. The number of carbonyl (C=O) groups excluding carboxylic acids is 1. The number of halogens is 2. The molecule has 1 aromatic carbocycles. The van der Waals surface area contributed by atoms with Crippen LogP contribution in [0.2, 0.25) is 0 Å². The predicted molar refractivity (Wildman–Crippen MR) is 70.6 cm³/mol. The fourth-order valence-electron chi connectivity index (χ4n) is 1.84. The Labute approximate surface area is 110 Å². The van der Waals surface area contributed by atoms with Crippen LogP contribution in [-0.2, 0) is 0 Å². The molecule has 0 N–H and O–H groups in total. The van der Waals surface area contributed by atoms with Crippen molar-refractivity contribution in [2.75, 3.05) is 7.05 Å². The lowest BCUT2D eigenvalue weighted by Gasteiger charge is -2.26. The second-order valence-electron chi connectivity index (χ2n) is 4.02. The maximum atomic E-state index is 13.4. The summed E-state index contributed by atoms with van der Waals surface area (Å²) in [4.78, 5) is 13.8. The van der Waals surface area contributed by atoms with Gasteiger partial charge in [-0.3, -0.25) is 4.79 Å². The van der Waals surface area contributed by atoms with Gasteiger partial charge in [-0.1, -0.05) is 13.8 Å². The Bertz CT molecular complexity index is 404. The van der Waals surface area contributed by atoms with Crippen LogP contribution < -0.4 is 0 Å². The number of benzene rings is 1. The maximum Gasteiger partial charge on any atom is 0.253 e. The van der Waals surface area contributed by atoms with Crippen LogP contribution in [-0.4, -0.2) is 23.9 Å². The number of rotatable bonds is 4. The number of nitrogens with zero attached hydrogens (tertiary/aromatic N) is 1. The number of hydrogen-bond acceptors (Lipinski definition) is 1. The Morgan fingerprint density at radius 3 is 2.47 bits per heavy atom. The molecule has 94 valence electrons. The van der Waals surface area contributed by atoms with Gasteiger partial charge in [0.15, 0.2) is 0 Å². The maximum absolute atomic E-state index is 13.4. The molecule has 0 bridgehead atoms. The van der Waals surface area contributed by atoms with Crippen LogP contribution in [0.5, 0.6) is 0 Å². The normalized spacial score (nSPS) is 10.7. The summed E-state index contributed by atoms with van der Waals surface area (Å²) in [5.41, 5.74) is 0.389. The molecule has 0 aliphatic carbocycles. The third-order valence-corrected chi connectivity index (χ3v) is 3.62. The molecule has 0 spiro atoms. The second kappa shape index (κ2) is 6.15. The van der Waals surface area contributed by atoms with Gasteiger partial charge in [-0.05, 0) is 47.0 Å². The van der Waals surface area contributed by atoms with Gasteiger partial charge < -0.3 is 4.90 Å². The lowest BCUT2D eigenvalue weighted by atomic mass is 10.1. The molecule has 17 heavy (non-hydrogen) atoms. The van der Waals surface area contributed by atoms with Crippen LogP contribution in [0.15, 0.2) is 22.7 Å². The SMILES string of the molecule is CCC(CC)N(C)C(=O)c1ccc(Br)c(F)c1. The zero-order chi connectivity index (χ0) is 13.0. The van der Waals surface area contributed by atoms with Crippen molar-refractivity contribution in [3.8, 4) is 0 Å². The second-order valence-corrected chi connectivity index (χ2v) is 4.87. The summed E-state index contributed by atoms with van der Waals surface area (Å²) in [7, 11) is 1.76. The average Bonchev–Trinajstić information content (AvgIpc) is 2.33. The van der Waals surface area contributed by atoms with Crippen molar-refractivity contribution >= 4 is 21.8 Å². The molecule has 0 heterocycles. The molecule has 0 saturated carbocycles. The fraction of sp³-hybridized carbons (Fsp3) is 0.462. The Kier molecular flexibility index (Phi) is 5.12. The average molecular weight is 302 g/mol. The van der Waals surface area contributed by atoms with Gasteiger partial charge in [0, 0.05) is 18.7 Å². The molecule has 1 aromatic rings. The third kappa shape index (κ3) is 3.28. The topological polar surface area (TPSA) is 20.3 Å².